The Morgan fingerprint density at radius 2 is 2.05 bits per heavy atom. The van der Waals surface area contributed by atoms with Crippen molar-refractivity contribution in [3.05, 3.63) is 36.2 Å². The van der Waals surface area contributed by atoms with E-state index < -0.39 is 0 Å². The van der Waals surface area contributed by atoms with E-state index in [1.54, 1.807) is 4.68 Å². The van der Waals surface area contributed by atoms with Gasteiger partial charge in [0.15, 0.2) is 0 Å². The molecule has 0 bridgehead atoms. The van der Waals surface area contributed by atoms with Crippen molar-refractivity contribution in [2.24, 2.45) is 7.05 Å². The van der Waals surface area contributed by atoms with Gasteiger partial charge in [0.25, 0.3) is 5.89 Å². The van der Waals surface area contributed by atoms with Crippen LogP contribution in [-0.2, 0) is 13.5 Å². The molecule has 0 aliphatic heterocycles. The molecule has 0 saturated carbocycles. The predicted octanol–water partition coefficient (Wildman–Crippen LogP) is 2.28. The van der Waals surface area contributed by atoms with Gasteiger partial charge in [-0.1, -0.05) is 24.2 Å². The predicted molar refractivity (Wildman–Crippen MR) is 75.7 cm³/mol. The molecule has 0 unspecified atom stereocenters. The first kappa shape index (κ1) is 12.4. The van der Waals surface area contributed by atoms with Gasteiger partial charge in [-0.3, -0.25) is 4.68 Å². The molecule has 3 aromatic rings. The van der Waals surface area contributed by atoms with Gasteiger partial charge in [0.2, 0.25) is 5.82 Å². The van der Waals surface area contributed by atoms with Crippen LogP contribution in [0.15, 0.2) is 35.0 Å². The molecule has 3 rings (SSSR count). The van der Waals surface area contributed by atoms with E-state index >= 15 is 0 Å². The lowest BCUT2D eigenvalue weighted by molar-refractivity contribution is 0.432. The highest BCUT2D eigenvalue weighted by atomic mass is 16.5. The van der Waals surface area contributed by atoms with Crippen molar-refractivity contribution in [1.82, 2.24) is 19.9 Å². The zero-order valence-corrected chi connectivity index (χ0v) is 11.4. The Morgan fingerprint density at radius 1 is 1.25 bits per heavy atom. The number of nitrogen functional groups attached to an aromatic ring is 1. The Bertz CT molecular complexity index is 744. The van der Waals surface area contributed by atoms with Gasteiger partial charge in [-0.25, -0.2) is 0 Å². The number of rotatable bonds is 3. The lowest BCUT2D eigenvalue weighted by Crippen LogP contribution is -1.90. The summed E-state index contributed by atoms with van der Waals surface area (Å²) in [4.78, 5) is 4.42. The van der Waals surface area contributed by atoms with Gasteiger partial charge in [-0.05, 0) is 18.6 Å². The first-order chi connectivity index (χ1) is 9.69. The van der Waals surface area contributed by atoms with Crippen LogP contribution < -0.4 is 5.73 Å². The number of aromatic nitrogens is 4. The highest BCUT2D eigenvalue weighted by Gasteiger charge is 2.17. The Balaban J connectivity index is 2.04. The van der Waals surface area contributed by atoms with E-state index in [0.29, 0.717) is 17.4 Å². The molecule has 6 heteroatoms. The number of hydrogen-bond acceptors (Lipinski definition) is 5. The van der Waals surface area contributed by atoms with E-state index in [-0.39, 0.29) is 0 Å². The number of hydrogen-bond donors (Lipinski definition) is 1. The van der Waals surface area contributed by atoms with Gasteiger partial charge in [0.05, 0.1) is 11.3 Å². The second kappa shape index (κ2) is 4.80. The molecule has 1 aromatic carbocycles. The summed E-state index contributed by atoms with van der Waals surface area (Å²) in [6.07, 6.45) is 2.69. The maximum absolute atomic E-state index is 5.92. The third kappa shape index (κ3) is 2.05. The lowest BCUT2D eigenvalue weighted by atomic mass is 10.1. The topological polar surface area (TPSA) is 82.8 Å². The van der Waals surface area contributed by atoms with Crippen LogP contribution in [0.4, 0.5) is 5.69 Å². The van der Waals surface area contributed by atoms with Crippen LogP contribution in [0.25, 0.3) is 22.8 Å². The number of benzene rings is 1. The van der Waals surface area contributed by atoms with Crippen LogP contribution in [0.1, 0.15) is 12.6 Å². The van der Waals surface area contributed by atoms with E-state index in [2.05, 4.69) is 15.2 Å². The number of nitrogens with two attached hydrogens (primary N) is 1. The van der Waals surface area contributed by atoms with Crippen molar-refractivity contribution in [3.63, 3.8) is 0 Å². The van der Waals surface area contributed by atoms with Gasteiger partial charge in [-0.15, -0.1) is 0 Å². The summed E-state index contributed by atoms with van der Waals surface area (Å²) in [6, 6.07) is 7.44. The molecule has 0 fully saturated rings. The van der Waals surface area contributed by atoms with Crippen molar-refractivity contribution in [3.8, 4) is 22.8 Å². The van der Waals surface area contributed by atoms with Gasteiger partial charge < -0.3 is 10.3 Å². The second-order valence-electron chi connectivity index (χ2n) is 4.53. The van der Waals surface area contributed by atoms with E-state index in [0.717, 1.165) is 23.2 Å². The molecule has 2 aromatic heterocycles. The molecule has 2 N–H and O–H groups in total. The van der Waals surface area contributed by atoms with Crippen LogP contribution in [0.5, 0.6) is 0 Å². The molecule has 0 spiro atoms. The normalized spacial score (nSPS) is 10.9. The van der Waals surface area contributed by atoms with Crippen LogP contribution in [0.2, 0.25) is 0 Å². The SMILES string of the molecule is CCc1nn(C)cc1-c1nc(-c2ccccc2N)no1. The van der Waals surface area contributed by atoms with E-state index in [9.17, 15) is 0 Å². The fraction of sp³-hybridized carbons (Fsp3) is 0.214. The largest absolute Gasteiger partial charge is 0.398 e. The lowest BCUT2D eigenvalue weighted by Gasteiger charge is -1.98. The molecule has 0 saturated heterocycles. The maximum Gasteiger partial charge on any atom is 0.261 e. The molecule has 102 valence electrons. The van der Waals surface area contributed by atoms with Crippen molar-refractivity contribution in [2.75, 3.05) is 5.73 Å². The van der Waals surface area contributed by atoms with Crippen molar-refractivity contribution < 1.29 is 4.52 Å². The summed E-state index contributed by atoms with van der Waals surface area (Å²) in [5.41, 5.74) is 9.12. The van der Waals surface area contributed by atoms with Crippen LogP contribution in [0.3, 0.4) is 0 Å². The molecule has 0 radical (unpaired) electrons. The molecule has 0 amide bonds. The molecule has 2 heterocycles. The van der Waals surface area contributed by atoms with Crippen molar-refractivity contribution >= 4 is 5.69 Å². The van der Waals surface area contributed by atoms with Crippen molar-refractivity contribution in [2.45, 2.75) is 13.3 Å². The van der Waals surface area contributed by atoms with Gasteiger partial charge in [-0.2, -0.15) is 10.1 Å². The highest BCUT2D eigenvalue weighted by Crippen LogP contribution is 2.27. The van der Waals surface area contributed by atoms with Crippen LogP contribution >= 0.6 is 0 Å². The highest BCUT2D eigenvalue weighted by molar-refractivity contribution is 5.72. The Morgan fingerprint density at radius 3 is 2.80 bits per heavy atom. The number of para-hydroxylation sites is 1. The fourth-order valence-corrected chi connectivity index (χ4v) is 2.12. The maximum atomic E-state index is 5.92. The first-order valence-corrected chi connectivity index (χ1v) is 6.40. The Labute approximate surface area is 116 Å². The van der Waals surface area contributed by atoms with Crippen molar-refractivity contribution in [1.29, 1.82) is 0 Å². The molecular weight excluding hydrogens is 254 g/mol. The third-order valence-electron chi connectivity index (χ3n) is 3.10. The minimum atomic E-state index is 0.466. The minimum Gasteiger partial charge on any atom is -0.398 e. The average Bonchev–Trinajstić information content (AvgIpc) is 3.05. The quantitative estimate of drug-likeness (QED) is 0.737. The van der Waals surface area contributed by atoms with E-state index in [1.165, 1.54) is 0 Å². The second-order valence-corrected chi connectivity index (χ2v) is 4.53. The molecule has 20 heavy (non-hydrogen) atoms. The Kier molecular flexibility index (Phi) is 2.98. The summed E-state index contributed by atoms with van der Waals surface area (Å²) in [6.45, 7) is 2.04. The number of anilines is 1. The summed E-state index contributed by atoms with van der Waals surface area (Å²) in [7, 11) is 1.87. The van der Waals surface area contributed by atoms with E-state index in [1.807, 2.05) is 44.4 Å². The standard InChI is InChI=1S/C14H15N5O/c1-3-12-10(8-19(2)17-12)14-16-13(18-20-14)9-6-4-5-7-11(9)15/h4-8H,3,15H2,1-2H3. The molecule has 0 atom stereocenters. The van der Waals surface area contributed by atoms with Gasteiger partial charge >= 0.3 is 0 Å². The summed E-state index contributed by atoms with van der Waals surface area (Å²) in [5.74, 6) is 0.956. The number of nitrogens with zero attached hydrogens (tertiary/aromatic N) is 4. The van der Waals surface area contributed by atoms with Gasteiger partial charge in [0.1, 0.15) is 0 Å². The van der Waals surface area contributed by atoms with Gasteiger partial charge in [0, 0.05) is 24.5 Å². The molecule has 6 nitrogen and oxygen atoms in total. The summed E-state index contributed by atoms with van der Waals surface area (Å²) >= 11 is 0. The van der Waals surface area contributed by atoms with Crippen LogP contribution in [0, 0.1) is 0 Å². The average molecular weight is 269 g/mol. The third-order valence-corrected chi connectivity index (χ3v) is 3.10. The minimum absolute atomic E-state index is 0.466. The fourth-order valence-electron chi connectivity index (χ4n) is 2.12. The smallest absolute Gasteiger partial charge is 0.261 e. The zero-order chi connectivity index (χ0) is 14.1. The van der Waals surface area contributed by atoms with E-state index in [4.69, 9.17) is 10.3 Å². The van der Waals surface area contributed by atoms with Crippen LogP contribution in [-0.4, -0.2) is 19.9 Å². The summed E-state index contributed by atoms with van der Waals surface area (Å²) in [5, 5.41) is 8.37. The molecular formula is C14H15N5O. The monoisotopic (exact) mass is 269 g/mol. The molecule has 0 aliphatic carbocycles. The number of aryl methyl sites for hydroxylation is 2. The molecule has 0 aliphatic rings. The zero-order valence-electron chi connectivity index (χ0n) is 11.4. The summed E-state index contributed by atoms with van der Waals surface area (Å²) < 4.78 is 7.09. The Hall–Kier alpha value is -2.63. The first-order valence-electron chi connectivity index (χ1n) is 6.40.